The zero-order valence-corrected chi connectivity index (χ0v) is 20.9. The average Bonchev–Trinajstić information content (AvgIpc) is 3.26. The van der Waals surface area contributed by atoms with E-state index in [0.717, 1.165) is 24.4 Å². The minimum atomic E-state index is -4.95. The van der Waals surface area contributed by atoms with Gasteiger partial charge in [-0.05, 0) is 50.2 Å². The maximum atomic E-state index is 13.8. The SMILES string of the molecule is CC(C)NS(=O)(=O)c1cccc(NC(=O)c2cnn3c(C(F)(F)F)cc(-c4ccc(C(F)(F)F)cc4)nc23)c1. The molecule has 2 aromatic heterocycles. The van der Waals surface area contributed by atoms with Gasteiger partial charge in [0.05, 0.1) is 22.3 Å². The number of nitrogens with one attached hydrogen (secondary N) is 2. The van der Waals surface area contributed by atoms with Crippen LogP contribution in [-0.2, 0) is 22.4 Å². The fraction of sp³-hybridized carbons (Fsp3) is 0.208. The molecule has 1 amide bonds. The van der Waals surface area contributed by atoms with Crippen LogP contribution < -0.4 is 10.0 Å². The Morgan fingerprint density at radius 3 is 2.21 bits per heavy atom. The molecule has 0 atom stereocenters. The fourth-order valence-corrected chi connectivity index (χ4v) is 4.92. The highest BCUT2D eigenvalue weighted by molar-refractivity contribution is 7.89. The van der Waals surface area contributed by atoms with E-state index in [1.54, 1.807) is 13.8 Å². The highest BCUT2D eigenvalue weighted by Crippen LogP contribution is 2.34. The summed E-state index contributed by atoms with van der Waals surface area (Å²) >= 11 is 0. The number of hydrogen-bond donors (Lipinski definition) is 2. The van der Waals surface area contributed by atoms with Gasteiger partial charge < -0.3 is 5.32 Å². The number of anilines is 1. The molecule has 39 heavy (non-hydrogen) atoms. The second-order valence-electron chi connectivity index (χ2n) is 8.65. The summed E-state index contributed by atoms with van der Waals surface area (Å²) in [7, 11) is -3.90. The number of sulfonamides is 1. The molecule has 0 fully saturated rings. The molecular weight excluding hydrogens is 552 g/mol. The normalized spacial score (nSPS) is 12.7. The van der Waals surface area contributed by atoms with Crippen molar-refractivity contribution < 1.29 is 39.6 Å². The highest BCUT2D eigenvalue weighted by atomic mass is 32.2. The van der Waals surface area contributed by atoms with Gasteiger partial charge in [0, 0.05) is 17.3 Å². The van der Waals surface area contributed by atoms with Gasteiger partial charge in [-0.2, -0.15) is 31.4 Å². The summed E-state index contributed by atoms with van der Waals surface area (Å²) in [5.41, 5.74) is -3.58. The smallest absolute Gasteiger partial charge is 0.322 e. The van der Waals surface area contributed by atoms with Gasteiger partial charge >= 0.3 is 12.4 Å². The van der Waals surface area contributed by atoms with Gasteiger partial charge in [0.2, 0.25) is 10.0 Å². The minimum Gasteiger partial charge on any atom is -0.322 e. The Morgan fingerprint density at radius 1 is 0.949 bits per heavy atom. The Labute approximate surface area is 217 Å². The first-order chi connectivity index (χ1) is 18.1. The molecule has 0 aliphatic carbocycles. The number of fused-ring (bicyclic) bond motifs is 1. The molecule has 206 valence electrons. The van der Waals surface area contributed by atoms with Crippen LogP contribution in [0.4, 0.5) is 32.0 Å². The standard InChI is InChI=1S/C24H19F6N5O3S/c1-13(2)34-39(37,38)17-5-3-4-16(10-17)32-22(36)18-12-31-35-20(24(28,29)30)11-19(33-21(18)35)14-6-8-15(9-7-14)23(25,26)27/h3-13,34H,1-2H3,(H,32,36). The molecule has 15 heteroatoms. The van der Waals surface area contributed by atoms with Crippen LogP contribution in [0.2, 0.25) is 0 Å². The fourth-order valence-electron chi connectivity index (χ4n) is 3.62. The van der Waals surface area contributed by atoms with E-state index < -0.39 is 51.2 Å². The molecule has 4 aromatic rings. The van der Waals surface area contributed by atoms with E-state index in [2.05, 4.69) is 20.1 Å². The first-order valence-corrected chi connectivity index (χ1v) is 12.6. The predicted molar refractivity (Wildman–Crippen MR) is 128 cm³/mol. The van der Waals surface area contributed by atoms with E-state index in [4.69, 9.17) is 0 Å². The van der Waals surface area contributed by atoms with Crippen molar-refractivity contribution in [3.8, 4) is 11.3 Å². The van der Waals surface area contributed by atoms with E-state index >= 15 is 0 Å². The number of hydrogen-bond acceptors (Lipinski definition) is 5. The number of benzene rings is 2. The number of alkyl halides is 6. The van der Waals surface area contributed by atoms with E-state index in [1.165, 1.54) is 18.2 Å². The number of nitrogens with zero attached hydrogens (tertiary/aromatic N) is 3. The molecule has 0 saturated carbocycles. The number of rotatable bonds is 6. The van der Waals surface area contributed by atoms with Gasteiger partial charge in [-0.1, -0.05) is 18.2 Å². The quantitative estimate of drug-likeness (QED) is 0.303. The summed E-state index contributed by atoms with van der Waals surface area (Å²) in [4.78, 5) is 16.9. The third kappa shape index (κ3) is 6.04. The van der Waals surface area contributed by atoms with Gasteiger partial charge in [0.15, 0.2) is 11.3 Å². The zero-order chi connectivity index (χ0) is 28.8. The molecule has 0 bridgehead atoms. The highest BCUT2D eigenvalue weighted by Gasteiger charge is 2.36. The Kier molecular flexibility index (Phi) is 7.16. The number of carbonyl (C=O) groups excluding carboxylic acids is 1. The molecule has 0 radical (unpaired) electrons. The third-order valence-corrected chi connectivity index (χ3v) is 6.96. The summed E-state index contributed by atoms with van der Waals surface area (Å²) in [6.45, 7) is 3.24. The molecule has 8 nitrogen and oxygen atoms in total. The lowest BCUT2D eigenvalue weighted by atomic mass is 10.1. The topological polar surface area (TPSA) is 105 Å². The van der Waals surface area contributed by atoms with Gasteiger partial charge in [0.25, 0.3) is 5.91 Å². The lowest BCUT2D eigenvalue weighted by Crippen LogP contribution is -2.30. The van der Waals surface area contributed by atoms with Gasteiger partial charge in [-0.3, -0.25) is 4.79 Å². The molecule has 0 saturated heterocycles. The molecule has 0 unspecified atom stereocenters. The van der Waals surface area contributed by atoms with E-state index in [0.29, 0.717) is 22.7 Å². The van der Waals surface area contributed by atoms with Crippen LogP contribution in [-0.4, -0.2) is 35.0 Å². The third-order valence-electron chi connectivity index (χ3n) is 5.31. The van der Waals surface area contributed by atoms with Crippen molar-refractivity contribution >= 4 is 27.3 Å². The summed E-state index contributed by atoms with van der Waals surface area (Å²) < 4.78 is 108. The Hall–Kier alpha value is -3.98. The van der Waals surface area contributed by atoms with Crippen molar-refractivity contribution in [2.45, 2.75) is 37.1 Å². The average molecular weight is 572 g/mol. The molecular formula is C24H19F6N5O3S. The van der Waals surface area contributed by atoms with Crippen LogP contribution in [0.1, 0.15) is 35.5 Å². The Balaban J connectivity index is 1.75. The molecule has 2 heterocycles. The second kappa shape index (κ2) is 9.96. The van der Waals surface area contributed by atoms with Gasteiger partial charge in [-0.15, -0.1) is 0 Å². The monoisotopic (exact) mass is 571 g/mol. The van der Waals surface area contributed by atoms with Gasteiger partial charge in [0.1, 0.15) is 5.56 Å². The predicted octanol–water partition coefficient (Wildman–Crippen LogP) is 5.37. The first-order valence-electron chi connectivity index (χ1n) is 11.1. The first kappa shape index (κ1) is 28.0. The largest absolute Gasteiger partial charge is 0.433 e. The van der Waals surface area contributed by atoms with Crippen molar-refractivity contribution in [2.24, 2.45) is 0 Å². The van der Waals surface area contributed by atoms with E-state index in [9.17, 15) is 39.6 Å². The zero-order valence-electron chi connectivity index (χ0n) is 20.1. The van der Waals surface area contributed by atoms with Crippen LogP contribution in [0.5, 0.6) is 0 Å². The van der Waals surface area contributed by atoms with Crippen molar-refractivity contribution in [1.29, 1.82) is 0 Å². The summed E-state index contributed by atoms with van der Waals surface area (Å²) in [5.74, 6) is -0.943. The number of halogens is 6. The lowest BCUT2D eigenvalue weighted by molar-refractivity contribution is -0.142. The summed E-state index contributed by atoms with van der Waals surface area (Å²) in [6, 6.07) is 8.74. The number of amides is 1. The van der Waals surface area contributed by atoms with Crippen LogP contribution in [0.25, 0.3) is 16.9 Å². The summed E-state index contributed by atoms with van der Waals surface area (Å²) in [6.07, 6.45) is -8.75. The van der Waals surface area contributed by atoms with Crippen molar-refractivity contribution in [3.63, 3.8) is 0 Å². The van der Waals surface area contributed by atoms with Crippen molar-refractivity contribution in [3.05, 3.63) is 77.6 Å². The lowest BCUT2D eigenvalue weighted by Gasteiger charge is -2.13. The van der Waals surface area contributed by atoms with E-state index in [-0.39, 0.29) is 27.4 Å². The Morgan fingerprint density at radius 2 is 1.62 bits per heavy atom. The summed E-state index contributed by atoms with van der Waals surface area (Å²) in [5, 5.41) is 6.05. The van der Waals surface area contributed by atoms with Gasteiger partial charge in [-0.25, -0.2) is 22.6 Å². The molecule has 2 N–H and O–H groups in total. The molecule has 0 aliphatic rings. The molecule has 2 aromatic carbocycles. The number of carbonyl (C=O) groups is 1. The maximum Gasteiger partial charge on any atom is 0.433 e. The van der Waals surface area contributed by atoms with Crippen LogP contribution in [0.15, 0.2) is 65.7 Å². The molecule has 0 spiro atoms. The Bertz CT molecular complexity index is 1650. The molecule has 0 aliphatic heterocycles. The minimum absolute atomic E-state index is 0.0286. The van der Waals surface area contributed by atoms with Crippen LogP contribution in [0, 0.1) is 0 Å². The van der Waals surface area contributed by atoms with Crippen molar-refractivity contribution in [2.75, 3.05) is 5.32 Å². The second-order valence-corrected chi connectivity index (χ2v) is 10.4. The molecule has 4 rings (SSSR count). The van der Waals surface area contributed by atoms with Crippen LogP contribution in [0.3, 0.4) is 0 Å². The number of aromatic nitrogens is 3. The van der Waals surface area contributed by atoms with Crippen LogP contribution >= 0.6 is 0 Å². The maximum absolute atomic E-state index is 13.8. The van der Waals surface area contributed by atoms with Crippen molar-refractivity contribution in [1.82, 2.24) is 19.3 Å². The van der Waals surface area contributed by atoms with E-state index in [1.807, 2.05) is 0 Å².